The SMILES string of the molecule is CCOC(CNC(=O)N/C=C/c1ccccc1F)OCC. The van der Waals surface area contributed by atoms with Crippen molar-refractivity contribution in [1.82, 2.24) is 10.6 Å². The second-order valence-electron chi connectivity index (χ2n) is 4.05. The predicted molar refractivity (Wildman–Crippen MR) is 79.0 cm³/mol. The van der Waals surface area contributed by atoms with Gasteiger partial charge in [0.2, 0.25) is 0 Å². The first kappa shape index (κ1) is 17.1. The summed E-state index contributed by atoms with van der Waals surface area (Å²) in [5.41, 5.74) is 0.402. The summed E-state index contributed by atoms with van der Waals surface area (Å²) in [7, 11) is 0. The third-order valence-electron chi connectivity index (χ3n) is 2.52. The fraction of sp³-hybridized carbons (Fsp3) is 0.400. The second-order valence-corrected chi connectivity index (χ2v) is 4.05. The van der Waals surface area contributed by atoms with Gasteiger partial charge in [0.05, 0.1) is 6.54 Å². The zero-order valence-electron chi connectivity index (χ0n) is 12.3. The van der Waals surface area contributed by atoms with Crippen molar-refractivity contribution in [2.45, 2.75) is 20.1 Å². The Balaban J connectivity index is 2.35. The molecule has 0 fully saturated rings. The molecule has 116 valence electrons. The van der Waals surface area contributed by atoms with E-state index in [1.807, 2.05) is 13.8 Å². The number of benzene rings is 1. The molecule has 0 aromatic heterocycles. The third kappa shape index (κ3) is 6.87. The van der Waals surface area contributed by atoms with Crippen molar-refractivity contribution in [3.8, 4) is 0 Å². The molecule has 6 heteroatoms. The van der Waals surface area contributed by atoms with Crippen LogP contribution in [0.25, 0.3) is 6.08 Å². The molecule has 0 heterocycles. The fourth-order valence-electron chi connectivity index (χ4n) is 1.58. The molecule has 0 saturated heterocycles. The van der Waals surface area contributed by atoms with Crippen LogP contribution in [0.4, 0.5) is 9.18 Å². The van der Waals surface area contributed by atoms with Crippen LogP contribution in [-0.4, -0.2) is 32.1 Å². The van der Waals surface area contributed by atoms with E-state index in [1.54, 1.807) is 18.2 Å². The van der Waals surface area contributed by atoms with Gasteiger partial charge in [0, 0.05) is 25.0 Å². The van der Waals surface area contributed by atoms with Crippen molar-refractivity contribution in [3.63, 3.8) is 0 Å². The van der Waals surface area contributed by atoms with Gasteiger partial charge < -0.3 is 20.1 Å². The van der Waals surface area contributed by atoms with Crippen LogP contribution in [0.2, 0.25) is 0 Å². The van der Waals surface area contributed by atoms with E-state index in [1.165, 1.54) is 18.3 Å². The molecule has 21 heavy (non-hydrogen) atoms. The van der Waals surface area contributed by atoms with E-state index < -0.39 is 12.3 Å². The minimum absolute atomic E-state index is 0.237. The predicted octanol–water partition coefficient (Wildman–Crippen LogP) is 2.49. The maximum Gasteiger partial charge on any atom is 0.318 e. The van der Waals surface area contributed by atoms with E-state index in [0.29, 0.717) is 18.8 Å². The largest absolute Gasteiger partial charge is 0.351 e. The number of ether oxygens (including phenoxy) is 2. The average Bonchev–Trinajstić information content (AvgIpc) is 2.47. The van der Waals surface area contributed by atoms with Crippen LogP contribution in [0.3, 0.4) is 0 Å². The van der Waals surface area contributed by atoms with Crippen LogP contribution < -0.4 is 10.6 Å². The molecule has 1 rings (SSSR count). The van der Waals surface area contributed by atoms with Crippen molar-refractivity contribution in [2.75, 3.05) is 19.8 Å². The van der Waals surface area contributed by atoms with Gasteiger partial charge in [-0.05, 0) is 26.0 Å². The van der Waals surface area contributed by atoms with Crippen molar-refractivity contribution in [2.24, 2.45) is 0 Å². The normalized spacial score (nSPS) is 11.0. The minimum Gasteiger partial charge on any atom is -0.351 e. The molecule has 0 unspecified atom stereocenters. The highest BCUT2D eigenvalue weighted by Crippen LogP contribution is 2.07. The molecule has 0 radical (unpaired) electrons. The van der Waals surface area contributed by atoms with Crippen LogP contribution >= 0.6 is 0 Å². The highest BCUT2D eigenvalue weighted by atomic mass is 19.1. The van der Waals surface area contributed by atoms with Gasteiger partial charge in [-0.25, -0.2) is 9.18 Å². The quantitative estimate of drug-likeness (QED) is 0.725. The first-order chi connectivity index (χ1) is 10.2. The molecule has 2 amide bonds. The Labute approximate surface area is 124 Å². The molecule has 0 aliphatic heterocycles. The lowest BCUT2D eigenvalue weighted by molar-refractivity contribution is -0.131. The zero-order chi connectivity index (χ0) is 15.5. The Morgan fingerprint density at radius 2 is 1.95 bits per heavy atom. The first-order valence-electron chi connectivity index (χ1n) is 6.86. The van der Waals surface area contributed by atoms with E-state index >= 15 is 0 Å². The maximum atomic E-state index is 13.3. The number of halogens is 1. The molecule has 0 aliphatic carbocycles. The number of carbonyl (C=O) groups excluding carboxylic acids is 1. The molecular formula is C15H21FN2O3. The molecule has 1 aromatic rings. The summed E-state index contributed by atoms with van der Waals surface area (Å²) in [4.78, 5) is 11.6. The zero-order valence-corrected chi connectivity index (χ0v) is 12.3. The Kier molecular flexibility index (Phi) is 8.08. The highest BCUT2D eigenvalue weighted by Gasteiger charge is 2.08. The smallest absolute Gasteiger partial charge is 0.318 e. The lowest BCUT2D eigenvalue weighted by Gasteiger charge is -2.17. The number of urea groups is 1. The summed E-state index contributed by atoms with van der Waals surface area (Å²) in [5.74, 6) is -0.344. The van der Waals surface area contributed by atoms with Gasteiger partial charge in [-0.15, -0.1) is 0 Å². The van der Waals surface area contributed by atoms with Crippen LogP contribution in [0.15, 0.2) is 30.5 Å². The third-order valence-corrected chi connectivity index (χ3v) is 2.52. The Bertz CT molecular complexity index is 460. The van der Waals surface area contributed by atoms with Crippen LogP contribution in [0.5, 0.6) is 0 Å². The van der Waals surface area contributed by atoms with Gasteiger partial charge in [0.1, 0.15) is 5.82 Å². The molecule has 1 aromatic carbocycles. The molecule has 0 spiro atoms. The van der Waals surface area contributed by atoms with Crippen molar-refractivity contribution in [3.05, 3.63) is 41.8 Å². The lowest BCUT2D eigenvalue weighted by atomic mass is 10.2. The summed E-state index contributed by atoms with van der Waals surface area (Å²) in [6, 6.07) is 5.89. The first-order valence-corrected chi connectivity index (χ1v) is 6.86. The lowest BCUT2D eigenvalue weighted by Crippen LogP contribution is -2.39. The number of hydrogen-bond donors (Lipinski definition) is 2. The van der Waals surface area contributed by atoms with Crippen LogP contribution in [-0.2, 0) is 9.47 Å². The van der Waals surface area contributed by atoms with Crippen LogP contribution in [0, 0.1) is 5.82 Å². The van der Waals surface area contributed by atoms with E-state index in [0.717, 1.165) is 0 Å². The molecular weight excluding hydrogens is 275 g/mol. The average molecular weight is 296 g/mol. The van der Waals surface area contributed by atoms with Crippen molar-refractivity contribution < 1.29 is 18.7 Å². The molecule has 5 nitrogen and oxygen atoms in total. The van der Waals surface area contributed by atoms with Crippen molar-refractivity contribution in [1.29, 1.82) is 0 Å². The Hall–Kier alpha value is -1.92. The van der Waals surface area contributed by atoms with Gasteiger partial charge in [-0.3, -0.25) is 0 Å². The summed E-state index contributed by atoms with van der Waals surface area (Å²) >= 11 is 0. The van der Waals surface area contributed by atoms with Gasteiger partial charge in [0.15, 0.2) is 6.29 Å². The Morgan fingerprint density at radius 3 is 2.57 bits per heavy atom. The van der Waals surface area contributed by atoms with E-state index in [-0.39, 0.29) is 12.4 Å². The monoisotopic (exact) mass is 296 g/mol. The highest BCUT2D eigenvalue weighted by molar-refractivity contribution is 5.75. The number of nitrogens with one attached hydrogen (secondary N) is 2. The number of carbonyl (C=O) groups is 1. The standard InChI is InChI=1S/C15H21FN2O3/c1-3-20-14(21-4-2)11-18-15(19)17-10-9-12-7-5-6-8-13(12)16/h5-10,14H,3-4,11H2,1-2H3,(H2,17,18,19)/b10-9+. The minimum atomic E-state index is -0.471. The summed E-state index contributed by atoms with van der Waals surface area (Å²) in [6.45, 7) is 4.94. The van der Waals surface area contributed by atoms with Gasteiger partial charge in [0.25, 0.3) is 0 Å². The second kappa shape index (κ2) is 9.90. The molecule has 0 bridgehead atoms. The maximum absolute atomic E-state index is 13.3. The molecule has 2 N–H and O–H groups in total. The summed E-state index contributed by atoms with van der Waals surface area (Å²) in [6.07, 6.45) is 2.39. The Morgan fingerprint density at radius 1 is 1.29 bits per heavy atom. The van der Waals surface area contributed by atoms with Crippen molar-refractivity contribution >= 4 is 12.1 Å². The number of rotatable bonds is 8. The van der Waals surface area contributed by atoms with E-state index in [2.05, 4.69) is 10.6 Å². The topological polar surface area (TPSA) is 59.6 Å². The van der Waals surface area contributed by atoms with Gasteiger partial charge in [-0.1, -0.05) is 18.2 Å². The summed E-state index contributed by atoms with van der Waals surface area (Å²) < 4.78 is 23.9. The van der Waals surface area contributed by atoms with Crippen LogP contribution in [0.1, 0.15) is 19.4 Å². The molecule has 0 saturated carbocycles. The van der Waals surface area contributed by atoms with Gasteiger partial charge in [-0.2, -0.15) is 0 Å². The van der Waals surface area contributed by atoms with Gasteiger partial charge >= 0.3 is 6.03 Å². The molecule has 0 atom stereocenters. The number of amides is 2. The van der Waals surface area contributed by atoms with E-state index in [9.17, 15) is 9.18 Å². The summed E-state index contributed by atoms with van der Waals surface area (Å²) in [5, 5.41) is 5.10. The molecule has 0 aliphatic rings. The fourth-order valence-corrected chi connectivity index (χ4v) is 1.58. The van der Waals surface area contributed by atoms with E-state index in [4.69, 9.17) is 9.47 Å². The number of hydrogen-bond acceptors (Lipinski definition) is 3.